The highest BCUT2D eigenvalue weighted by Gasteiger charge is 2.26. The van der Waals surface area contributed by atoms with Crippen molar-refractivity contribution >= 4 is 5.97 Å². The van der Waals surface area contributed by atoms with Crippen LogP contribution in [0, 0.1) is 11.8 Å². The normalized spacial score (nSPS) is 30.9. The first-order valence-corrected chi connectivity index (χ1v) is 7.72. The molecule has 0 unspecified atom stereocenters. The number of hydrogen-bond donors (Lipinski definition) is 2. The fourth-order valence-electron chi connectivity index (χ4n) is 3.45. The molecule has 0 heterocycles. The van der Waals surface area contributed by atoms with Crippen LogP contribution in [0.2, 0.25) is 0 Å². The Morgan fingerprint density at radius 3 is 2.11 bits per heavy atom. The maximum Gasteiger partial charge on any atom is 0.306 e. The van der Waals surface area contributed by atoms with Crippen LogP contribution in [0.4, 0.5) is 0 Å². The Hall–Kier alpha value is -0.570. The van der Waals surface area contributed by atoms with Gasteiger partial charge in [0.25, 0.3) is 0 Å². The summed E-state index contributed by atoms with van der Waals surface area (Å²) in [4.78, 5) is 10.9. The second-order valence-corrected chi connectivity index (χ2v) is 6.15. The lowest BCUT2D eigenvalue weighted by Crippen LogP contribution is -2.37. The van der Waals surface area contributed by atoms with Gasteiger partial charge >= 0.3 is 5.97 Å². The zero-order valence-electron chi connectivity index (χ0n) is 11.4. The molecular formula is C15H27NO2. The molecule has 2 aliphatic carbocycles. The number of carboxylic acid groups (broad SMARTS) is 1. The Morgan fingerprint density at radius 2 is 1.56 bits per heavy atom. The summed E-state index contributed by atoms with van der Waals surface area (Å²) in [6, 6.07) is 0.573. The molecule has 0 aromatic carbocycles. The average molecular weight is 253 g/mol. The van der Waals surface area contributed by atoms with E-state index in [-0.39, 0.29) is 5.92 Å². The standard InChI is InChI=1S/C15H27NO2/c17-15(18)13-7-9-14(10-8-13)16-11-12-5-3-1-2-4-6-12/h12-14,16H,1-11H2,(H,17,18). The van der Waals surface area contributed by atoms with E-state index in [0.29, 0.717) is 6.04 Å². The minimum Gasteiger partial charge on any atom is -0.481 e. The average Bonchev–Trinajstić information content (AvgIpc) is 2.65. The van der Waals surface area contributed by atoms with Crippen LogP contribution in [-0.4, -0.2) is 23.7 Å². The maximum atomic E-state index is 10.9. The van der Waals surface area contributed by atoms with Crippen molar-refractivity contribution in [3.8, 4) is 0 Å². The van der Waals surface area contributed by atoms with Crippen molar-refractivity contribution in [1.82, 2.24) is 5.32 Å². The molecule has 2 N–H and O–H groups in total. The van der Waals surface area contributed by atoms with Crippen LogP contribution in [0.15, 0.2) is 0 Å². The van der Waals surface area contributed by atoms with Gasteiger partial charge in [-0.2, -0.15) is 0 Å². The summed E-state index contributed by atoms with van der Waals surface area (Å²) >= 11 is 0. The number of carbonyl (C=O) groups is 1. The van der Waals surface area contributed by atoms with E-state index in [1.54, 1.807) is 0 Å². The topological polar surface area (TPSA) is 49.3 Å². The van der Waals surface area contributed by atoms with Gasteiger partial charge in [0, 0.05) is 6.04 Å². The smallest absolute Gasteiger partial charge is 0.306 e. The molecule has 3 nitrogen and oxygen atoms in total. The van der Waals surface area contributed by atoms with E-state index >= 15 is 0 Å². The van der Waals surface area contributed by atoms with E-state index in [4.69, 9.17) is 5.11 Å². The summed E-state index contributed by atoms with van der Waals surface area (Å²) in [7, 11) is 0. The van der Waals surface area contributed by atoms with E-state index in [1.165, 1.54) is 38.5 Å². The van der Waals surface area contributed by atoms with Crippen LogP contribution in [0.25, 0.3) is 0 Å². The monoisotopic (exact) mass is 253 g/mol. The Kier molecular flexibility index (Phi) is 5.48. The Labute approximate surface area is 110 Å². The summed E-state index contributed by atoms with van der Waals surface area (Å²) in [5.41, 5.74) is 0. The van der Waals surface area contributed by atoms with Crippen LogP contribution in [0.1, 0.15) is 64.2 Å². The van der Waals surface area contributed by atoms with Gasteiger partial charge in [0.15, 0.2) is 0 Å². The lowest BCUT2D eigenvalue weighted by molar-refractivity contribution is -0.142. The fraction of sp³-hybridized carbons (Fsp3) is 0.933. The van der Waals surface area contributed by atoms with E-state index in [2.05, 4.69) is 5.32 Å². The molecular weight excluding hydrogens is 226 g/mol. The molecule has 0 bridgehead atoms. The largest absolute Gasteiger partial charge is 0.481 e. The first-order chi connectivity index (χ1) is 8.75. The molecule has 2 fully saturated rings. The molecule has 0 aliphatic heterocycles. The highest BCUT2D eigenvalue weighted by Crippen LogP contribution is 2.26. The van der Waals surface area contributed by atoms with Gasteiger partial charge < -0.3 is 10.4 Å². The third-order valence-corrected chi connectivity index (χ3v) is 4.75. The SMILES string of the molecule is O=C(O)C1CCC(NCC2CCCCCC2)CC1. The lowest BCUT2D eigenvalue weighted by atomic mass is 9.86. The minimum absolute atomic E-state index is 0.0825. The third kappa shape index (κ3) is 4.27. The molecule has 0 atom stereocenters. The highest BCUT2D eigenvalue weighted by molar-refractivity contribution is 5.70. The van der Waals surface area contributed by atoms with Gasteiger partial charge in [-0.25, -0.2) is 0 Å². The molecule has 0 saturated heterocycles. The van der Waals surface area contributed by atoms with E-state index in [0.717, 1.165) is 38.1 Å². The molecule has 2 aliphatic rings. The summed E-state index contributed by atoms with van der Waals surface area (Å²) in [5.74, 6) is 0.183. The zero-order valence-corrected chi connectivity index (χ0v) is 11.4. The quantitative estimate of drug-likeness (QED) is 0.756. The number of nitrogens with one attached hydrogen (secondary N) is 1. The van der Waals surface area contributed by atoms with Crippen molar-refractivity contribution in [3.05, 3.63) is 0 Å². The Morgan fingerprint density at radius 1 is 0.944 bits per heavy atom. The number of rotatable bonds is 4. The molecule has 2 rings (SSSR count). The van der Waals surface area contributed by atoms with Crippen molar-refractivity contribution in [2.75, 3.05) is 6.54 Å². The van der Waals surface area contributed by atoms with Crippen LogP contribution in [0.3, 0.4) is 0 Å². The van der Waals surface area contributed by atoms with Crippen LogP contribution in [0.5, 0.6) is 0 Å². The predicted octanol–water partition coefficient (Wildman–Crippen LogP) is 3.19. The molecule has 3 heteroatoms. The number of aliphatic carboxylic acids is 1. The van der Waals surface area contributed by atoms with Crippen molar-refractivity contribution in [1.29, 1.82) is 0 Å². The third-order valence-electron chi connectivity index (χ3n) is 4.75. The van der Waals surface area contributed by atoms with Gasteiger partial charge in [0.05, 0.1) is 5.92 Å². The van der Waals surface area contributed by atoms with Crippen LogP contribution in [-0.2, 0) is 4.79 Å². The molecule has 0 aromatic rings. The van der Waals surface area contributed by atoms with Crippen LogP contribution < -0.4 is 5.32 Å². The maximum absolute atomic E-state index is 10.9. The van der Waals surface area contributed by atoms with Gasteiger partial charge in [-0.05, 0) is 51.0 Å². The molecule has 18 heavy (non-hydrogen) atoms. The van der Waals surface area contributed by atoms with Gasteiger partial charge in [0.2, 0.25) is 0 Å². The van der Waals surface area contributed by atoms with Gasteiger partial charge in [-0.3, -0.25) is 4.79 Å². The number of carboxylic acids is 1. The second-order valence-electron chi connectivity index (χ2n) is 6.15. The molecule has 2 saturated carbocycles. The van der Waals surface area contributed by atoms with Crippen molar-refractivity contribution in [2.45, 2.75) is 70.3 Å². The number of hydrogen-bond acceptors (Lipinski definition) is 2. The lowest BCUT2D eigenvalue weighted by Gasteiger charge is -2.28. The van der Waals surface area contributed by atoms with Gasteiger partial charge in [-0.1, -0.05) is 25.7 Å². The second kappa shape index (κ2) is 7.13. The first-order valence-electron chi connectivity index (χ1n) is 7.72. The van der Waals surface area contributed by atoms with Crippen molar-refractivity contribution < 1.29 is 9.90 Å². The minimum atomic E-state index is -0.600. The van der Waals surface area contributed by atoms with Crippen LogP contribution >= 0.6 is 0 Å². The van der Waals surface area contributed by atoms with Crippen molar-refractivity contribution in [3.63, 3.8) is 0 Å². The summed E-state index contributed by atoms with van der Waals surface area (Å²) < 4.78 is 0. The van der Waals surface area contributed by atoms with Gasteiger partial charge in [-0.15, -0.1) is 0 Å². The van der Waals surface area contributed by atoms with E-state index in [1.807, 2.05) is 0 Å². The summed E-state index contributed by atoms with van der Waals surface area (Å²) in [5, 5.41) is 12.7. The molecule has 0 amide bonds. The van der Waals surface area contributed by atoms with Crippen molar-refractivity contribution in [2.24, 2.45) is 11.8 Å². The molecule has 104 valence electrons. The summed E-state index contributed by atoms with van der Waals surface area (Å²) in [6.07, 6.45) is 12.2. The molecule has 0 radical (unpaired) electrons. The molecule has 0 aromatic heterocycles. The predicted molar refractivity (Wildman–Crippen MR) is 72.6 cm³/mol. The highest BCUT2D eigenvalue weighted by atomic mass is 16.4. The Balaban J connectivity index is 1.64. The van der Waals surface area contributed by atoms with Gasteiger partial charge in [0.1, 0.15) is 0 Å². The van der Waals surface area contributed by atoms with E-state index in [9.17, 15) is 4.79 Å². The Bertz CT molecular complexity index is 251. The van der Waals surface area contributed by atoms with E-state index < -0.39 is 5.97 Å². The summed E-state index contributed by atoms with van der Waals surface area (Å²) in [6.45, 7) is 1.16. The molecule has 0 spiro atoms. The fourth-order valence-corrected chi connectivity index (χ4v) is 3.45. The zero-order chi connectivity index (χ0) is 12.8. The first kappa shape index (κ1) is 13.9.